The van der Waals surface area contributed by atoms with E-state index in [1.807, 2.05) is 13.8 Å². The molecule has 0 radical (unpaired) electrons. The third kappa shape index (κ3) is 5.16. The molecule has 0 unspecified atom stereocenters. The maximum absolute atomic E-state index is 11.6. The van der Waals surface area contributed by atoms with E-state index in [9.17, 15) is 4.79 Å². The van der Waals surface area contributed by atoms with E-state index in [1.165, 1.54) is 0 Å². The second kappa shape index (κ2) is 7.36. The van der Waals surface area contributed by atoms with Crippen molar-refractivity contribution < 1.29 is 13.7 Å². The summed E-state index contributed by atoms with van der Waals surface area (Å²) in [5, 5.41) is 0. The van der Waals surface area contributed by atoms with Crippen LogP contribution < -0.4 is 4.72 Å². The molecule has 0 aliphatic heterocycles. The molecule has 0 bridgehead atoms. The first-order valence-corrected chi connectivity index (χ1v) is 7.52. The Bertz CT molecular complexity index is 269. The smallest absolute Gasteiger partial charge is 0.234 e. The summed E-state index contributed by atoms with van der Waals surface area (Å²) in [6, 6.07) is 0. The van der Waals surface area contributed by atoms with Crippen LogP contribution in [0, 0.1) is 11.8 Å². The topological polar surface area (TPSA) is 47.6 Å². The number of methoxy groups -OCH3 is 1. The Labute approximate surface area is 115 Å². The Balaban J connectivity index is 0.000000771. The molecule has 0 aromatic heterocycles. The number of hydrogen-bond donors (Lipinski definition) is 1. The van der Waals surface area contributed by atoms with Gasteiger partial charge in [-0.1, -0.05) is 13.8 Å². The monoisotopic (exact) mass is 275 g/mol. The molecule has 106 valence electrons. The molecule has 18 heavy (non-hydrogen) atoms. The zero-order valence-corrected chi connectivity index (χ0v) is 12.6. The number of carbonyl (C=O) groups excluding carboxylic acids is 1. The predicted octanol–water partition coefficient (Wildman–Crippen LogP) is 2.93. The minimum atomic E-state index is 0.0109. The molecule has 1 N–H and O–H groups in total. The maximum atomic E-state index is 11.6. The van der Waals surface area contributed by atoms with E-state index in [0.29, 0.717) is 5.92 Å². The largest absolute Gasteiger partial charge is 0.385 e. The van der Waals surface area contributed by atoms with Gasteiger partial charge in [-0.15, -0.1) is 0 Å². The van der Waals surface area contributed by atoms with Gasteiger partial charge in [-0.05, 0) is 38.5 Å². The van der Waals surface area contributed by atoms with Crippen molar-refractivity contribution in [2.24, 2.45) is 11.8 Å². The number of ether oxygens (including phenoxy) is 1. The predicted molar refractivity (Wildman–Crippen MR) is 73.9 cm³/mol. The first-order chi connectivity index (χ1) is 8.64. The van der Waals surface area contributed by atoms with Crippen molar-refractivity contribution in [3.05, 3.63) is 0 Å². The summed E-state index contributed by atoms with van der Waals surface area (Å²) in [4.78, 5) is 11.6. The van der Waals surface area contributed by atoms with Crippen molar-refractivity contribution in [2.45, 2.75) is 52.1 Å². The standard InChI is InChI=1S/C11H19NO3S.C2H6/c1-11(4-5-11)15-16-12-10(13)9-7-8(9)3-6-14-2;1-2/h8-9H,3-7H2,1-2H3,(H,12,13);1-2H3/t8-,9+;/m1./s1. The highest BCUT2D eigenvalue weighted by Gasteiger charge is 2.43. The Hall–Kier alpha value is -0.260. The molecule has 5 heteroatoms. The molecule has 2 aliphatic rings. The normalized spacial score (nSPS) is 26.9. The van der Waals surface area contributed by atoms with Crippen molar-refractivity contribution in [1.29, 1.82) is 0 Å². The van der Waals surface area contributed by atoms with Gasteiger partial charge in [-0.2, -0.15) is 0 Å². The second-order valence-corrected chi connectivity index (χ2v) is 5.50. The van der Waals surface area contributed by atoms with Gasteiger partial charge in [0, 0.05) is 19.6 Å². The third-order valence-corrected chi connectivity index (χ3v) is 4.06. The SMILES string of the molecule is CC.COCC[C@@H]1C[C@@H]1C(=O)NSOC1(C)CC1. The van der Waals surface area contributed by atoms with Crippen LogP contribution in [0.2, 0.25) is 0 Å². The molecule has 1 amide bonds. The van der Waals surface area contributed by atoms with Gasteiger partial charge in [0.1, 0.15) is 12.2 Å². The first kappa shape index (κ1) is 15.8. The number of hydrogen-bond acceptors (Lipinski definition) is 4. The average Bonchev–Trinajstić information content (AvgIpc) is 3.27. The van der Waals surface area contributed by atoms with Crippen LogP contribution in [-0.2, 0) is 13.7 Å². The summed E-state index contributed by atoms with van der Waals surface area (Å²) < 4.78 is 13.2. The van der Waals surface area contributed by atoms with Crippen LogP contribution >= 0.6 is 12.2 Å². The summed E-state index contributed by atoms with van der Waals surface area (Å²) in [6.07, 6.45) is 4.16. The molecular weight excluding hydrogens is 250 g/mol. The van der Waals surface area contributed by atoms with E-state index in [1.54, 1.807) is 7.11 Å². The average molecular weight is 275 g/mol. The van der Waals surface area contributed by atoms with Crippen LogP contribution in [0.1, 0.15) is 46.5 Å². The quantitative estimate of drug-likeness (QED) is 0.573. The molecule has 2 fully saturated rings. The zero-order valence-electron chi connectivity index (χ0n) is 11.8. The Kier molecular flexibility index (Phi) is 6.46. The minimum Gasteiger partial charge on any atom is -0.385 e. The fourth-order valence-corrected chi connectivity index (χ4v) is 2.30. The molecule has 2 aliphatic carbocycles. The Morgan fingerprint density at radius 2 is 2.11 bits per heavy atom. The van der Waals surface area contributed by atoms with Crippen molar-refractivity contribution in [3.63, 3.8) is 0 Å². The van der Waals surface area contributed by atoms with Crippen LogP contribution in [0.4, 0.5) is 0 Å². The van der Waals surface area contributed by atoms with E-state index in [-0.39, 0.29) is 17.4 Å². The zero-order chi connectivity index (χ0) is 13.6. The fraction of sp³-hybridized carbons (Fsp3) is 0.923. The first-order valence-electron chi connectivity index (χ1n) is 6.78. The summed E-state index contributed by atoms with van der Waals surface area (Å²) >= 11 is 1.09. The Morgan fingerprint density at radius 1 is 1.44 bits per heavy atom. The van der Waals surface area contributed by atoms with Crippen LogP contribution in [0.5, 0.6) is 0 Å². The van der Waals surface area contributed by atoms with Gasteiger partial charge in [-0.3, -0.25) is 13.7 Å². The molecular formula is C13H25NO3S. The number of nitrogens with one attached hydrogen (secondary N) is 1. The van der Waals surface area contributed by atoms with Gasteiger partial charge in [0.15, 0.2) is 0 Å². The lowest BCUT2D eigenvalue weighted by Crippen LogP contribution is -2.20. The molecule has 2 rings (SSSR count). The van der Waals surface area contributed by atoms with Gasteiger partial charge < -0.3 is 4.74 Å². The number of carbonyl (C=O) groups is 1. The molecule has 4 nitrogen and oxygen atoms in total. The van der Waals surface area contributed by atoms with E-state index in [0.717, 1.165) is 44.5 Å². The molecule has 2 atom stereocenters. The molecule has 0 aromatic carbocycles. The highest BCUT2D eigenvalue weighted by atomic mass is 32.2. The van der Waals surface area contributed by atoms with Gasteiger partial charge in [-0.25, -0.2) is 0 Å². The highest BCUT2D eigenvalue weighted by molar-refractivity contribution is 7.93. The van der Waals surface area contributed by atoms with Crippen LogP contribution in [-0.4, -0.2) is 25.2 Å². The molecule has 0 heterocycles. The number of amides is 1. The van der Waals surface area contributed by atoms with Crippen molar-refractivity contribution in [2.75, 3.05) is 13.7 Å². The summed E-state index contributed by atoms with van der Waals surface area (Å²) in [5.41, 5.74) is 0.0109. The van der Waals surface area contributed by atoms with Gasteiger partial charge >= 0.3 is 0 Å². The fourth-order valence-electron chi connectivity index (χ4n) is 1.65. The van der Waals surface area contributed by atoms with Crippen molar-refractivity contribution in [3.8, 4) is 0 Å². The van der Waals surface area contributed by atoms with Crippen LogP contribution in [0.25, 0.3) is 0 Å². The molecule has 0 saturated heterocycles. The van der Waals surface area contributed by atoms with E-state index >= 15 is 0 Å². The van der Waals surface area contributed by atoms with Crippen LogP contribution in [0.15, 0.2) is 0 Å². The van der Waals surface area contributed by atoms with Crippen molar-refractivity contribution in [1.82, 2.24) is 4.72 Å². The van der Waals surface area contributed by atoms with Gasteiger partial charge in [0.25, 0.3) is 0 Å². The highest BCUT2D eigenvalue weighted by Crippen LogP contribution is 2.43. The lowest BCUT2D eigenvalue weighted by atomic mass is 10.2. The van der Waals surface area contributed by atoms with E-state index in [4.69, 9.17) is 8.92 Å². The lowest BCUT2D eigenvalue weighted by molar-refractivity contribution is -0.120. The van der Waals surface area contributed by atoms with E-state index in [2.05, 4.69) is 11.6 Å². The maximum Gasteiger partial charge on any atom is 0.234 e. The molecule has 2 saturated carbocycles. The van der Waals surface area contributed by atoms with Gasteiger partial charge in [0.2, 0.25) is 5.91 Å². The third-order valence-electron chi connectivity index (χ3n) is 3.29. The summed E-state index contributed by atoms with van der Waals surface area (Å²) in [7, 11) is 1.69. The number of rotatable bonds is 7. The lowest BCUT2D eigenvalue weighted by Gasteiger charge is -2.08. The van der Waals surface area contributed by atoms with E-state index < -0.39 is 0 Å². The second-order valence-electron chi connectivity index (χ2n) is 4.97. The minimum absolute atomic E-state index is 0.0109. The molecule has 0 spiro atoms. The molecule has 0 aromatic rings. The van der Waals surface area contributed by atoms with Gasteiger partial charge in [0.05, 0.1) is 5.60 Å². The summed E-state index contributed by atoms with van der Waals surface area (Å²) in [6.45, 7) is 6.81. The van der Waals surface area contributed by atoms with Crippen molar-refractivity contribution >= 4 is 18.1 Å². The van der Waals surface area contributed by atoms with Crippen LogP contribution in [0.3, 0.4) is 0 Å². The Morgan fingerprint density at radius 3 is 2.67 bits per heavy atom. The summed E-state index contributed by atoms with van der Waals surface area (Å²) in [5.74, 6) is 0.797.